The van der Waals surface area contributed by atoms with Crippen LogP contribution in [0.15, 0.2) is 36.7 Å². The number of alkyl halides is 3. The summed E-state index contributed by atoms with van der Waals surface area (Å²) in [7, 11) is 0. The van der Waals surface area contributed by atoms with Gasteiger partial charge in [-0.1, -0.05) is 0 Å². The predicted molar refractivity (Wildman–Crippen MR) is 86.1 cm³/mol. The summed E-state index contributed by atoms with van der Waals surface area (Å²) in [5, 5.41) is 2.56. The highest BCUT2D eigenvalue weighted by Gasteiger charge is 2.31. The second-order valence-corrected chi connectivity index (χ2v) is 5.40. The quantitative estimate of drug-likeness (QED) is 0.894. The standard InChI is InChI=1S/C16H15F3N4O3/c17-16(18,19)26-13-3-1-12(2-4-13)22-14(24)11-9-20-15(21-10-11)23-5-7-25-8-6-23/h1-4,9-10H,5-8H2,(H,22,24). The molecule has 1 aliphatic heterocycles. The van der Waals surface area contributed by atoms with Crippen LogP contribution in [-0.4, -0.2) is 48.5 Å². The Hall–Kier alpha value is -2.88. The summed E-state index contributed by atoms with van der Waals surface area (Å²) in [5.74, 6) is -0.324. The zero-order valence-electron chi connectivity index (χ0n) is 13.5. The number of halogens is 3. The molecular weight excluding hydrogens is 353 g/mol. The molecule has 2 heterocycles. The van der Waals surface area contributed by atoms with Gasteiger partial charge in [-0.25, -0.2) is 9.97 Å². The number of ether oxygens (including phenoxy) is 2. The summed E-state index contributed by atoms with van der Waals surface area (Å²) < 4.78 is 45.4. The lowest BCUT2D eigenvalue weighted by Crippen LogP contribution is -2.37. The Morgan fingerprint density at radius 2 is 1.73 bits per heavy atom. The lowest BCUT2D eigenvalue weighted by molar-refractivity contribution is -0.274. The molecule has 0 atom stereocenters. The van der Waals surface area contributed by atoms with Gasteiger partial charge in [-0.05, 0) is 24.3 Å². The van der Waals surface area contributed by atoms with Crippen LogP contribution < -0.4 is 15.0 Å². The molecule has 0 unspecified atom stereocenters. The second kappa shape index (κ2) is 7.56. The minimum atomic E-state index is -4.76. The van der Waals surface area contributed by atoms with Gasteiger partial charge in [0.25, 0.3) is 5.91 Å². The SMILES string of the molecule is O=C(Nc1ccc(OC(F)(F)F)cc1)c1cnc(N2CCOCC2)nc1. The molecule has 1 amide bonds. The first-order valence-corrected chi connectivity index (χ1v) is 7.73. The molecular formula is C16H15F3N4O3. The number of rotatable bonds is 4. The molecule has 1 aromatic carbocycles. The minimum Gasteiger partial charge on any atom is -0.406 e. The van der Waals surface area contributed by atoms with Crippen molar-refractivity contribution in [1.82, 2.24) is 9.97 Å². The van der Waals surface area contributed by atoms with Crippen LogP contribution in [0, 0.1) is 0 Å². The molecule has 0 radical (unpaired) electrons. The monoisotopic (exact) mass is 368 g/mol. The fourth-order valence-electron chi connectivity index (χ4n) is 2.31. The van der Waals surface area contributed by atoms with E-state index in [1.54, 1.807) is 0 Å². The van der Waals surface area contributed by atoms with Crippen molar-refractivity contribution in [3.05, 3.63) is 42.2 Å². The second-order valence-electron chi connectivity index (χ2n) is 5.40. The Morgan fingerprint density at radius 3 is 2.31 bits per heavy atom. The predicted octanol–water partition coefficient (Wildman–Crippen LogP) is 2.46. The maximum absolute atomic E-state index is 12.2. The average Bonchev–Trinajstić information content (AvgIpc) is 2.63. The van der Waals surface area contributed by atoms with Gasteiger partial charge in [0.2, 0.25) is 5.95 Å². The summed E-state index contributed by atoms with van der Waals surface area (Å²) in [5.41, 5.74) is 0.555. The molecule has 138 valence electrons. The first-order chi connectivity index (χ1) is 12.4. The normalized spacial score (nSPS) is 14.8. The van der Waals surface area contributed by atoms with Crippen molar-refractivity contribution in [2.45, 2.75) is 6.36 Å². The van der Waals surface area contributed by atoms with Crippen LogP contribution in [0.2, 0.25) is 0 Å². The molecule has 3 rings (SSSR count). The van der Waals surface area contributed by atoms with Gasteiger partial charge in [-0.15, -0.1) is 13.2 Å². The maximum Gasteiger partial charge on any atom is 0.573 e. The Morgan fingerprint density at radius 1 is 1.12 bits per heavy atom. The largest absolute Gasteiger partial charge is 0.573 e. The number of morpholine rings is 1. The van der Waals surface area contributed by atoms with Crippen LogP contribution in [-0.2, 0) is 4.74 Å². The van der Waals surface area contributed by atoms with E-state index in [1.165, 1.54) is 24.5 Å². The van der Waals surface area contributed by atoms with Crippen LogP contribution in [0.25, 0.3) is 0 Å². The highest BCUT2D eigenvalue weighted by atomic mass is 19.4. The van der Waals surface area contributed by atoms with E-state index in [4.69, 9.17) is 4.74 Å². The topological polar surface area (TPSA) is 76.6 Å². The molecule has 0 saturated carbocycles. The van der Waals surface area contributed by atoms with Crippen molar-refractivity contribution in [3.8, 4) is 5.75 Å². The summed E-state index contributed by atoms with van der Waals surface area (Å²) >= 11 is 0. The van der Waals surface area contributed by atoms with Crippen molar-refractivity contribution in [2.75, 3.05) is 36.5 Å². The molecule has 26 heavy (non-hydrogen) atoms. The fraction of sp³-hybridized carbons (Fsp3) is 0.312. The third-order valence-corrected chi connectivity index (χ3v) is 3.54. The Bertz CT molecular complexity index is 745. The summed E-state index contributed by atoms with van der Waals surface area (Å²) in [4.78, 5) is 22.5. The molecule has 2 aromatic rings. The van der Waals surface area contributed by atoms with Gasteiger partial charge in [0.15, 0.2) is 0 Å². The molecule has 7 nitrogen and oxygen atoms in total. The van der Waals surface area contributed by atoms with E-state index in [9.17, 15) is 18.0 Å². The molecule has 0 bridgehead atoms. The Balaban J connectivity index is 1.60. The lowest BCUT2D eigenvalue weighted by atomic mass is 10.2. The van der Waals surface area contributed by atoms with Gasteiger partial charge in [-0.3, -0.25) is 4.79 Å². The number of amides is 1. The van der Waals surface area contributed by atoms with Crippen molar-refractivity contribution < 1.29 is 27.4 Å². The van der Waals surface area contributed by atoms with Crippen molar-refractivity contribution in [1.29, 1.82) is 0 Å². The van der Waals surface area contributed by atoms with E-state index in [1.807, 2.05) is 4.90 Å². The lowest BCUT2D eigenvalue weighted by Gasteiger charge is -2.26. The number of hydrogen-bond donors (Lipinski definition) is 1. The van der Waals surface area contributed by atoms with Crippen molar-refractivity contribution in [3.63, 3.8) is 0 Å². The molecule has 1 N–H and O–H groups in total. The Kier molecular flexibility index (Phi) is 5.21. The summed E-state index contributed by atoms with van der Waals surface area (Å²) in [6, 6.07) is 4.84. The zero-order chi connectivity index (χ0) is 18.6. The molecule has 0 aliphatic carbocycles. The zero-order valence-corrected chi connectivity index (χ0v) is 13.5. The summed E-state index contributed by atoms with van der Waals surface area (Å²) in [6.45, 7) is 2.55. The van der Waals surface area contributed by atoms with Crippen LogP contribution in [0.1, 0.15) is 10.4 Å². The van der Waals surface area contributed by atoms with Gasteiger partial charge in [-0.2, -0.15) is 0 Å². The molecule has 1 aromatic heterocycles. The van der Waals surface area contributed by atoms with Crippen LogP contribution in [0.3, 0.4) is 0 Å². The number of nitrogens with zero attached hydrogens (tertiary/aromatic N) is 3. The van der Waals surface area contributed by atoms with E-state index in [-0.39, 0.29) is 11.3 Å². The van der Waals surface area contributed by atoms with E-state index in [0.717, 1.165) is 12.1 Å². The minimum absolute atomic E-state index is 0.234. The van der Waals surface area contributed by atoms with E-state index >= 15 is 0 Å². The number of carbonyl (C=O) groups is 1. The number of aromatic nitrogens is 2. The van der Waals surface area contributed by atoms with Gasteiger partial charge < -0.3 is 19.7 Å². The number of nitrogens with one attached hydrogen (secondary N) is 1. The Labute approximate surface area is 146 Å². The third-order valence-electron chi connectivity index (χ3n) is 3.54. The maximum atomic E-state index is 12.2. The van der Waals surface area contributed by atoms with Crippen LogP contribution in [0.4, 0.5) is 24.8 Å². The number of benzene rings is 1. The van der Waals surface area contributed by atoms with E-state index in [0.29, 0.717) is 37.9 Å². The fourth-order valence-corrected chi connectivity index (χ4v) is 2.31. The summed E-state index contributed by atoms with van der Waals surface area (Å²) in [6.07, 6.45) is -1.97. The van der Waals surface area contributed by atoms with E-state index in [2.05, 4.69) is 20.0 Å². The smallest absolute Gasteiger partial charge is 0.406 e. The average molecular weight is 368 g/mol. The number of anilines is 2. The van der Waals surface area contributed by atoms with Gasteiger partial charge in [0, 0.05) is 31.2 Å². The van der Waals surface area contributed by atoms with E-state index < -0.39 is 12.3 Å². The number of carbonyl (C=O) groups excluding carboxylic acids is 1. The van der Waals surface area contributed by atoms with Gasteiger partial charge >= 0.3 is 6.36 Å². The number of hydrogen-bond acceptors (Lipinski definition) is 6. The first-order valence-electron chi connectivity index (χ1n) is 7.73. The molecule has 10 heteroatoms. The van der Waals surface area contributed by atoms with Gasteiger partial charge in [0.1, 0.15) is 5.75 Å². The molecule has 1 fully saturated rings. The van der Waals surface area contributed by atoms with Gasteiger partial charge in [0.05, 0.1) is 18.8 Å². The first kappa shape index (κ1) is 17.9. The van der Waals surface area contributed by atoms with Crippen molar-refractivity contribution >= 4 is 17.5 Å². The third kappa shape index (κ3) is 4.82. The van der Waals surface area contributed by atoms with Crippen LogP contribution >= 0.6 is 0 Å². The molecule has 1 aliphatic rings. The van der Waals surface area contributed by atoms with Crippen LogP contribution in [0.5, 0.6) is 5.75 Å². The molecule has 0 spiro atoms. The molecule has 1 saturated heterocycles. The van der Waals surface area contributed by atoms with Crippen molar-refractivity contribution in [2.24, 2.45) is 0 Å². The highest BCUT2D eigenvalue weighted by Crippen LogP contribution is 2.24. The highest BCUT2D eigenvalue weighted by molar-refractivity contribution is 6.03.